The molecule has 0 radical (unpaired) electrons. The molecule has 0 aliphatic carbocycles. The Morgan fingerprint density at radius 1 is 1.28 bits per heavy atom. The number of nitrogens with one attached hydrogen (secondary N) is 1. The molecule has 1 rings (SSSR count). The lowest BCUT2D eigenvalue weighted by atomic mass is 10.1. The molecule has 4 heteroatoms. The average molecular weight is 249 g/mol. The Kier molecular flexibility index (Phi) is 4.89. The molecule has 0 aromatic heterocycles. The SMILES string of the molecule is CCC(NC(=O)c1ccc(C)c(C)c1)C(=O)OC. The monoisotopic (exact) mass is 249 g/mol. The van der Waals surface area contributed by atoms with Crippen LogP contribution in [0.1, 0.15) is 34.8 Å². The van der Waals surface area contributed by atoms with Crippen molar-refractivity contribution in [2.75, 3.05) is 7.11 Å². The summed E-state index contributed by atoms with van der Waals surface area (Å²) in [5, 5.41) is 2.67. The zero-order valence-electron chi connectivity index (χ0n) is 11.2. The maximum atomic E-state index is 12.0. The van der Waals surface area contributed by atoms with Crippen molar-refractivity contribution in [3.63, 3.8) is 0 Å². The van der Waals surface area contributed by atoms with Crippen LogP contribution in [-0.4, -0.2) is 25.0 Å². The minimum absolute atomic E-state index is 0.254. The van der Waals surface area contributed by atoms with E-state index in [1.807, 2.05) is 32.9 Å². The van der Waals surface area contributed by atoms with Crippen LogP contribution in [0.2, 0.25) is 0 Å². The molecule has 0 aliphatic heterocycles. The molecular formula is C14H19NO3. The van der Waals surface area contributed by atoms with Crippen LogP contribution >= 0.6 is 0 Å². The van der Waals surface area contributed by atoms with Crippen LogP contribution in [0.5, 0.6) is 0 Å². The summed E-state index contributed by atoms with van der Waals surface area (Å²) in [5.41, 5.74) is 2.74. The van der Waals surface area contributed by atoms with Gasteiger partial charge in [-0.05, 0) is 43.5 Å². The Labute approximate surface area is 107 Å². The van der Waals surface area contributed by atoms with Crippen molar-refractivity contribution in [1.82, 2.24) is 5.32 Å². The van der Waals surface area contributed by atoms with Crippen LogP contribution in [0.3, 0.4) is 0 Å². The molecule has 0 saturated carbocycles. The van der Waals surface area contributed by atoms with E-state index in [2.05, 4.69) is 10.1 Å². The molecule has 1 aromatic carbocycles. The first kappa shape index (κ1) is 14.2. The first-order chi connectivity index (χ1) is 8.49. The fourth-order valence-electron chi connectivity index (χ4n) is 1.59. The van der Waals surface area contributed by atoms with Gasteiger partial charge in [-0.2, -0.15) is 0 Å². The number of hydrogen-bond acceptors (Lipinski definition) is 3. The number of esters is 1. The van der Waals surface area contributed by atoms with Crippen molar-refractivity contribution in [1.29, 1.82) is 0 Å². The van der Waals surface area contributed by atoms with E-state index in [0.29, 0.717) is 12.0 Å². The van der Waals surface area contributed by atoms with Crippen LogP contribution in [0.15, 0.2) is 18.2 Å². The highest BCUT2D eigenvalue weighted by molar-refractivity contribution is 5.97. The summed E-state index contributed by atoms with van der Waals surface area (Å²) in [7, 11) is 1.31. The molecule has 1 unspecified atom stereocenters. The topological polar surface area (TPSA) is 55.4 Å². The van der Waals surface area contributed by atoms with Crippen LogP contribution in [-0.2, 0) is 9.53 Å². The molecule has 0 fully saturated rings. The first-order valence-electron chi connectivity index (χ1n) is 5.95. The predicted octanol–water partition coefficient (Wildman–Crippen LogP) is 1.98. The lowest BCUT2D eigenvalue weighted by Crippen LogP contribution is -2.41. The Balaban J connectivity index is 2.81. The second kappa shape index (κ2) is 6.19. The lowest BCUT2D eigenvalue weighted by molar-refractivity contribution is -0.142. The van der Waals surface area contributed by atoms with Crippen molar-refractivity contribution < 1.29 is 14.3 Å². The highest BCUT2D eigenvalue weighted by Crippen LogP contribution is 2.10. The number of methoxy groups -OCH3 is 1. The Bertz CT molecular complexity index is 454. The van der Waals surface area contributed by atoms with Gasteiger partial charge in [0.2, 0.25) is 0 Å². The van der Waals surface area contributed by atoms with Gasteiger partial charge in [0.1, 0.15) is 6.04 Å². The van der Waals surface area contributed by atoms with Crippen molar-refractivity contribution in [3.8, 4) is 0 Å². The second-order valence-corrected chi connectivity index (χ2v) is 4.26. The first-order valence-corrected chi connectivity index (χ1v) is 5.95. The third-order valence-corrected chi connectivity index (χ3v) is 2.97. The van der Waals surface area contributed by atoms with Crippen LogP contribution in [0.4, 0.5) is 0 Å². The van der Waals surface area contributed by atoms with Gasteiger partial charge in [0.15, 0.2) is 0 Å². The summed E-state index contributed by atoms with van der Waals surface area (Å²) in [4.78, 5) is 23.4. The molecule has 1 N–H and O–H groups in total. The number of aryl methyl sites for hydroxylation is 2. The molecular weight excluding hydrogens is 230 g/mol. The Morgan fingerprint density at radius 2 is 1.94 bits per heavy atom. The number of amides is 1. The van der Waals surface area contributed by atoms with Crippen LogP contribution in [0, 0.1) is 13.8 Å². The molecule has 1 aromatic rings. The molecule has 4 nitrogen and oxygen atoms in total. The van der Waals surface area contributed by atoms with Gasteiger partial charge in [-0.3, -0.25) is 4.79 Å². The minimum atomic E-state index is -0.593. The van der Waals surface area contributed by atoms with E-state index in [9.17, 15) is 9.59 Å². The summed E-state index contributed by atoms with van der Waals surface area (Å²) in [6.45, 7) is 5.76. The molecule has 0 heterocycles. The zero-order valence-corrected chi connectivity index (χ0v) is 11.2. The number of ether oxygens (including phenoxy) is 1. The number of benzene rings is 1. The quantitative estimate of drug-likeness (QED) is 0.830. The number of rotatable bonds is 4. The van der Waals surface area contributed by atoms with Crippen molar-refractivity contribution >= 4 is 11.9 Å². The summed E-state index contributed by atoms with van der Waals surface area (Å²) < 4.78 is 4.63. The van der Waals surface area contributed by atoms with E-state index < -0.39 is 12.0 Å². The van der Waals surface area contributed by atoms with Gasteiger partial charge >= 0.3 is 5.97 Å². The van der Waals surface area contributed by atoms with Crippen LogP contribution < -0.4 is 5.32 Å². The van der Waals surface area contributed by atoms with Crippen LogP contribution in [0.25, 0.3) is 0 Å². The van der Waals surface area contributed by atoms with Crippen molar-refractivity contribution in [2.45, 2.75) is 33.2 Å². The van der Waals surface area contributed by atoms with E-state index >= 15 is 0 Å². The molecule has 98 valence electrons. The predicted molar refractivity (Wildman–Crippen MR) is 69.5 cm³/mol. The summed E-state index contributed by atoms with van der Waals surface area (Å²) in [6.07, 6.45) is 0.503. The molecule has 1 amide bonds. The molecule has 0 aliphatic rings. The maximum Gasteiger partial charge on any atom is 0.328 e. The lowest BCUT2D eigenvalue weighted by Gasteiger charge is -2.14. The van der Waals surface area contributed by atoms with E-state index in [0.717, 1.165) is 11.1 Å². The zero-order chi connectivity index (χ0) is 13.7. The van der Waals surface area contributed by atoms with Gasteiger partial charge in [-0.15, -0.1) is 0 Å². The van der Waals surface area contributed by atoms with Gasteiger partial charge in [-0.1, -0.05) is 13.0 Å². The fraction of sp³-hybridized carbons (Fsp3) is 0.429. The molecule has 18 heavy (non-hydrogen) atoms. The molecule has 0 spiro atoms. The van der Waals surface area contributed by atoms with Gasteiger partial charge in [0.05, 0.1) is 7.11 Å². The smallest absolute Gasteiger partial charge is 0.328 e. The highest BCUT2D eigenvalue weighted by atomic mass is 16.5. The fourth-order valence-corrected chi connectivity index (χ4v) is 1.59. The van der Waals surface area contributed by atoms with E-state index in [-0.39, 0.29) is 5.91 Å². The summed E-state index contributed by atoms with van der Waals surface area (Å²) in [6, 6.07) is 4.86. The third kappa shape index (κ3) is 3.32. The average Bonchev–Trinajstić information content (AvgIpc) is 2.37. The standard InChI is InChI=1S/C14H19NO3/c1-5-12(14(17)18-4)15-13(16)11-7-6-9(2)10(3)8-11/h6-8,12H,5H2,1-4H3,(H,15,16). The number of carbonyl (C=O) groups is 2. The van der Waals surface area contributed by atoms with Gasteiger partial charge < -0.3 is 10.1 Å². The maximum absolute atomic E-state index is 12.0. The second-order valence-electron chi connectivity index (χ2n) is 4.26. The van der Waals surface area contributed by atoms with Gasteiger partial charge in [0, 0.05) is 5.56 Å². The molecule has 0 bridgehead atoms. The summed E-state index contributed by atoms with van der Waals surface area (Å²) in [5.74, 6) is -0.676. The van der Waals surface area contributed by atoms with E-state index in [4.69, 9.17) is 0 Å². The van der Waals surface area contributed by atoms with Crippen molar-refractivity contribution in [3.05, 3.63) is 34.9 Å². The van der Waals surface area contributed by atoms with E-state index in [1.165, 1.54) is 7.11 Å². The number of hydrogen-bond donors (Lipinski definition) is 1. The molecule has 0 saturated heterocycles. The minimum Gasteiger partial charge on any atom is -0.467 e. The Hall–Kier alpha value is -1.84. The summed E-state index contributed by atoms with van der Waals surface area (Å²) >= 11 is 0. The highest BCUT2D eigenvalue weighted by Gasteiger charge is 2.20. The molecule has 1 atom stereocenters. The largest absolute Gasteiger partial charge is 0.467 e. The Morgan fingerprint density at radius 3 is 2.44 bits per heavy atom. The normalized spacial score (nSPS) is 11.8. The third-order valence-electron chi connectivity index (χ3n) is 2.97. The number of carbonyl (C=O) groups excluding carboxylic acids is 2. The van der Waals surface area contributed by atoms with Gasteiger partial charge in [-0.25, -0.2) is 4.79 Å². The van der Waals surface area contributed by atoms with E-state index in [1.54, 1.807) is 6.07 Å². The van der Waals surface area contributed by atoms with Crippen molar-refractivity contribution in [2.24, 2.45) is 0 Å². The van der Waals surface area contributed by atoms with Gasteiger partial charge in [0.25, 0.3) is 5.91 Å².